The van der Waals surface area contributed by atoms with E-state index in [1.807, 2.05) is 0 Å². The van der Waals surface area contributed by atoms with Crippen LogP contribution in [0.15, 0.2) is 23.1 Å². The number of hydrogen-bond acceptors (Lipinski definition) is 5. The summed E-state index contributed by atoms with van der Waals surface area (Å²) >= 11 is 0. The molecule has 1 aromatic rings. The normalized spacial score (nSPS) is 11.2. The second-order valence-corrected chi connectivity index (χ2v) is 6.59. The van der Waals surface area contributed by atoms with Crippen LogP contribution in [0.2, 0.25) is 0 Å². The van der Waals surface area contributed by atoms with Gasteiger partial charge in [0.2, 0.25) is 5.91 Å². The first kappa shape index (κ1) is 15.3. The molecule has 0 saturated heterocycles. The fourth-order valence-electron chi connectivity index (χ4n) is 1.62. The number of nitrogens with two attached hydrogens (primary N) is 1. The predicted octanol–water partition coefficient (Wildman–Crippen LogP) is 0.197. The zero-order valence-electron chi connectivity index (χ0n) is 11.5. The summed E-state index contributed by atoms with van der Waals surface area (Å²) in [5.74, 6) is -0.0911. The predicted molar refractivity (Wildman–Crippen MR) is 75.9 cm³/mol. The molecule has 0 aliphatic rings. The summed E-state index contributed by atoms with van der Waals surface area (Å²) in [4.78, 5) is 14.8. The van der Waals surface area contributed by atoms with Crippen LogP contribution in [0.5, 0.6) is 0 Å². The van der Waals surface area contributed by atoms with Crippen LogP contribution in [0.1, 0.15) is 0 Å². The second-order valence-electron chi connectivity index (χ2n) is 4.61. The Labute approximate surface area is 113 Å². The molecule has 19 heavy (non-hydrogen) atoms. The Morgan fingerprint density at radius 3 is 2.32 bits per heavy atom. The summed E-state index contributed by atoms with van der Waals surface area (Å²) < 4.78 is 23.2. The molecule has 7 heteroatoms. The van der Waals surface area contributed by atoms with Gasteiger partial charge in [0.15, 0.2) is 9.84 Å². The average Bonchev–Trinajstić information content (AvgIpc) is 2.27. The summed E-state index contributed by atoms with van der Waals surface area (Å²) in [6.07, 6.45) is 1.10. The number of benzene rings is 1. The molecule has 2 N–H and O–H groups in total. The lowest BCUT2D eigenvalue weighted by Gasteiger charge is -2.23. The van der Waals surface area contributed by atoms with E-state index in [-0.39, 0.29) is 23.0 Å². The first-order valence-electron chi connectivity index (χ1n) is 5.64. The highest BCUT2D eigenvalue weighted by atomic mass is 32.2. The van der Waals surface area contributed by atoms with Gasteiger partial charge in [-0.05, 0) is 12.1 Å². The summed E-state index contributed by atoms with van der Waals surface area (Å²) in [6.45, 7) is 0.129. The minimum Gasteiger partial charge on any atom is -0.396 e. The molecule has 0 saturated carbocycles. The highest BCUT2D eigenvalue weighted by Crippen LogP contribution is 2.28. The standard InChI is InChI=1S/C12H19N3O3S/c1-14(2)11(16)8-15(3)9-6-5-7-10(12(9)13)19(4,17)18/h5-7H,8,13H2,1-4H3. The Morgan fingerprint density at radius 1 is 1.26 bits per heavy atom. The maximum absolute atomic E-state index is 11.6. The molecule has 0 radical (unpaired) electrons. The molecule has 0 fully saturated rings. The van der Waals surface area contributed by atoms with Crippen molar-refractivity contribution in [1.82, 2.24) is 4.90 Å². The molecule has 0 aliphatic carbocycles. The molecule has 0 heterocycles. The van der Waals surface area contributed by atoms with Gasteiger partial charge in [-0.2, -0.15) is 0 Å². The SMILES string of the molecule is CN(C)C(=O)CN(C)c1cccc(S(C)(=O)=O)c1N. The van der Waals surface area contributed by atoms with Crippen molar-refractivity contribution in [1.29, 1.82) is 0 Å². The van der Waals surface area contributed by atoms with Crippen molar-refractivity contribution in [2.75, 3.05) is 44.6 Å². The average molecular weight is 285 g/mol. The van der Waals surface area contributed by atoms with E-state index >= 15 is 0 Å². The molecule has 106 valence electrons. The first-order valence-corrected chi connectivity index (χ1v) is 7.53. The molecule has 0 aliphatic heterocycles. The van der Waals surface area contributed by atoms with Crippen LogP contribution in [0.4, 0.5) is 11.4 Å². The molecule has 6 nitrogen and oxygen atoms in total. The van der Waals surface area contributed by atoms with Gasteiger partial charge in [-0.3, -0.25) is 4.79 Å². The van der Waals surface area contributed by atoms with Gasteiger partial charge in [0.1, 0.15) is 0 Å². The number of hydrogen-bond donors (Lipinski definition) is 1. The van der Waals surface area contributed by atoms with Gasteiger partial charge in [0.05, 0.1) is 22.8 Å². The van der Waals surface area contributed by atoms with Gasteiger partial charge in [-0.15, -0.1) is 0 Å². The molecule has 0 atom stereocenters. The summed E-state index contributed by atoms with van der Waals surface area (Å²) in [6, 6.07) is 4.75. The molecule has 1 aromatic carbocycles. The van der Waals surface area contributed by atoms with E-state index < -0.39 is 9.84 Å². The maximum Gasteiger partial charge on any atom is 0.241 e. The van der Waals surface area contributed by atoms with Crippen molar-refractivity contribution >= 4 is 27.1 Å². The van der Waals surface area contributed by atoms with Crippen molar-refractivity contribution in [3.05, 3.63) is 18.2 Å². The van der Waals surface area contributed by atoms with Crippen molar-refractivity contribution < 1.29 is 13.2 Å². The van der Waals surface area contributed by atoms with Crippen LogP contribution in [0, 0.1) is 0 Å². The Bertz CT molecular complexity index is 582. The quantitative estimate of drug-likeness (QED) is 0.799. The third-order valence-corrected chi connectivity index (χ3v) is 3.88. The Balaban J connectivity index is 3.12. The van der Waals surface area contributed by atoms with Gasteiger partial charge in [0, 0.05) is 27.4 Å². The zero-order valence-corrected chi connectivity index (χ0v) is 12.4. The van der Waals surface area contributed by atoms with E-state index in [1.165, 1.54) is 11.0 Å². The lowest BCUT2D eigenvalue weighted by molar-refractivity contribution is -0.127. The first-order chi connectivity index (χ1) is 8.64. The van der Waals surface area contributed by atoms with Crippen LogP contribution >= 0.6 is 0 Å². The molecular weight excluding hydrogens is 266 g/mol. The van der Waals surface area contributed by atoms with Crippen molar-refractivity contribution in [3.63, 3.8) is 0 Å². The topological polar surface area (TPSA) is 83.7 Å². The van der Waals surface area contributed by atoms with Crippen molar-refractivity contribution in [2.24, 2.45) is 0 Å². The second kappa shape index (κ2) is 5.48. The lowest BCUT2D eigenvalue weighted by Crippen LogP contribution is -2.34. The van der Waals surface area contributed by atoms with E-state index in [1.54, 1.807) is 38.2 Å². The van der Waals surface area contributed by atoms with Gasteiger partial charge >= 0.3 is 0 Å². The molecule has 0 aromatic heterocycles. The molecule has 0 unspecified atom stereocenters. The van der Waals surface area contributed by atoms with Crippen LogP contribution < -0.4 is 10.6 Å². The van der Waals surface area contributed by atoms with Crippen molar-refractivity contribution in [2.45, 2.75) is 4.90 Å². The molecular formula is C12H19N3O3S. The molecule has 1 amide bonds. The van der Waals surface area contributed by atoms with E-state index in [4.69, 9.17) is 5.73 Å². The monoisotopic (exact) mass is 285 g/mol. The number of amides is 1. The number of nitrogen functional groups attached to an aromatic ring is 1. The number of para-hydroxylation sites is 1. The number of likely N-dealkylation sites (N-methyl/N-ethyl adjacent to an activating group) is 2. The molecule has 0 spiro atoms. The van der Waals surface area contributed by atoms with E-state index in [9.17, 15) is 13.2 Å². The highest BCUT2D eigenvalue weighted by molar-refractivity contribution is 7.90. The third-order valence-electron chi connectivity index (χ3n) is 2.73. The van der Waals surface area contributed by atoms with Crippen molar-refractivity contribution in [3.8, 4) is 0 Å². The van der Waals surface area contributed by atoms with Crippen LogP contribution in [0.25, 0.3) is 0 Å². The third kappa shape index (κ3) is 3.60. The van der Waals surface area contributed by atoms with E-state index in [0.29, 0.717) is 5.69 Å². The fourth-order valence-corrected chi connectivity index (χ4v) is 2.45. The number of carbonyl (C=O) groups excluding carboxylic acids is 1. The number of nitrogens with zero attached hydrogens (tertiary/aromatic N) is 2. The summed E-state index contributed by atoms with van der Waals surface area (Å²) in [5.41, 5.74) is 6.57. The van der Waals surface area contributed by atoms with E-state index in [2.05, 4.69) is 0 Å². The minimum atomic E-state index is -3.38. The van der Waals surface area contributed by atoms with Crippen LogP contribution in [-0.2, 0) is 14.6 Å². The lowest BCUT2D eigenvalue weighted by atomic mass is 10.2. The number of sulfone groups is 1. The summed E-state index contributed by atoms with van der Waals surface area (Å²) in [5, 5.41) is 0. The Morgan fingerprint density at radius 2 is 1.84 bits per heavy atom. The fraction of sp³-hybridized carbons (Fsp3) is 0.417. The number of carbonyl (C=O) groups is 1. The number of rotatable bonds is 4. The smallest absolute Gasteiger partial charge is 0.241 e. The van der Waals surface area contributed by atoms with Crippen LogP contribution in [0.3, 0.4) is 0 Å². The molecule has 1 rings (SSSR count). The van der Waals surface area contributed by atoms with Gasteiger partial charge in [-0.25, -0.2) is 8.42 Å². The zero-order chi connectivity index (χ0) is 14.8. The molecule has 0 bridgehead atoms. The Hall–Kier alpha value is -1.76. The largest absolute Gasteiger partial charge is 0.396 e. The van der Waals surface area contributed by atoms with E-state index in [0.717, 1.165) is 6.26 Å². The Kier molecular flexibility index (Phi) is 4.41. The number of anilines is 2. The van der Waals surface area contributed by atoms with Gasteiger partial charge in [-0.1, -0.05) is 6.07 Å². The minimum absolute atomic E-state index is 0.0779. The van der Waals surface area contributed by atoms with Gasteiger partial charge in [0.25, 0.3) is 0 Å². The van der Waals surface area contributed by atoms with Gasteiger partial charge < -0.3 is 15.5 Å². The summed E-state index contributed by atoms with van der Waals surface area (Å²) in [7, 11) is 1.63. The van der Waals surface area contributed by atoms with Crippen LogP contribution in [-0.4, -0.2) is 53.2 Å². The highest BCUT2D eigenvalue weighted by Gasteiger charge is 2.17. The maximum atomic E-state index is 11.6.